The Kier molecular flexibility index (Phi) is 15.8. The third-order valence-corrected chi connectivity index (χ3v) is 6.99. The molecule has 0 saturated carbocycles. The maximum atomic E-state index is 12.7. The molecule has 6 nitrogen and oxygen atoms in total. The topological polar surface area (TPSA) is 71.1 Å². The van der Waals surface area contributed by atoms with Crippen LogP contribution in [0.1, 0.15) is 91.5 Å². The molecule has 0 N–H and O–H groups in total. The van der Waals surface area contributed by atoms with Gasteiger partial charge >= 0.3 is 18.1 Å². The van der Waals surface area contributed by atoms with Crippen molar-refractivity contribution in [2.75, 3.05) is 26.9 Å². The summed E-state index contributed by atoms with van der Waals surface area (Å²) in [4.78, 5) is 24.1. The lowest BCUT2D eigenvalue weighted by Gasteiger charge is -2.32. The van der Waals surface area contributed by atoms with Crippen molar-refractivity contribution in [1.82, 2.24) is 0 Å². The molecule has 0 fully saturated rings. The number of ether oxygens (including phenoxy) is 4. The van der Waals surface area contributed by atoms with Crippen LogP contribution in [0.2, 0.25) is 0 Å². The molecule has 40 heavy (non-hydrogen) atoms. The highest BCUT2D eigenvalue weighted by Crippen LogP contribution is 2.35. The van der Waals surface area contributed by atoms with Gasteiger partial charge in [-0.25, -0.2) is 4.79 Å². The smallest absolute Gasteiger partial charge is 0.422 e. The molecule has 1 unspecified atom stereocenters. The quantitative estimate of drug-likeness (QED) is 0.0946. The molecular weight excluding hydrogens is 525 g/mol. The van der Waals surface area contributed by atoms with Crippen LogP contribution in [0, 0.1) is 17.3 Å². The molecule has 0 bridgehead atoms. The van der Waals surface area contributed by atoms with Crippen molar-refractivity contribution in [2.24, 2.45) is 17.3 Å². The summed E-state index contributed by atoms with van der Waals surface area (Å²) >= 11 is 0. The highest BCUT2D eigenvalue weighted by molar-refractivity contribution is 5.87. The second-order valence-corrected chi connectivity index (χ2v) is 11.1. The zero-order valence-electron chi connectivity index (χ0n) is 24.9. The van der Waals surface area contributed by atoms with Gasteiger partial charge in [0.15, 0.2) is 18.1 Å². The first-order chi connectivity index (χ1) is 18.8. The minimum absolute atomic E-state index is 0.0804. The fourth-order valence-electron chi connectivity index (χ4n) is 3.91. The molecule has 228 valence electrons. The van der Waals surface area contributed by atoms with Crippen molar-refractivity contribution in [2.45, 2.75) is 92.2 Å². The van der Waals surface area contributed by atoms with Gasteiger partial charge in [0.1, 0.15) is 0 Å². The molecule has 0 amide bonds. The first-order valence-electron chi connectivity index (χ1n) is 14.2. The van der Waals surface area contributed by atoms with Crippen molar-refractivity contribution < 1.29 is 41.7 Å². The zero-order valence-corrected chi connectivity index (χ0v) is 24.9. The van der Waals surface area contributed by atoms with E-state index in [1.807, 2.05) is 6.92 Å². The number of esters is 2. The average Bonchev–Trinajstić information content (AvgIpc) is 2.89. The summed E-state index contributed by atoms with van der Waals surface area (Å²) in [5, 5.41) is 0. The minimum Gasteiger partial charge on any atom is -0.493 e. The first kappa shape index (κ1) is 35.3. The Labute approximate surface area is 237 Å². The number of benzene rings is 1. The number of rotatable bonds is 19. The van der Waals surface area contributed by atoms with Crippen LogP contribution in [0.5, 0.6) is 11.5 Å². The summed E-state index contributed by atoms with van der Waals surface area (Å²) < 4.78 is 57.3. The summed E-state index contributed by atoms with van der Waals surface area (Å²) in [6.45, 7) is 9.89. The van der Waals surface area contributed by atoms with Gasteiger partial charge in [0, 0.05) is 6.08 Å². The molecule has 1 rings (SSSR count). The summed E-state index contributed by atoms with van der Waals surface area (Å²) in [6, 6.07) is 4.99. The Morgan fingerprint density at radius 2 is 1.52 bits per heavy atom. The second-order valence-electron chi connectivity index (χ2n) is 11.1. The van der Waals surface area contributed by atoms with Crippen LogP contribution in [0.3, 0.4) is 0 Å². The molecule has 1 atom stereocenters. The Morgan fingerprint density at radius 1 is 0.900 bits per heavy atom. The lowest BCUT2D eigenvalue weighted by molar-refractivity contribution is -0.182. The van der Waals surface area contributed by atoms with E-state index in [1.165, 1.54) is 13.2 Å². The number of halogens is 3. The lowest BCUT2D eigenvalue weighted by Crippen LogP contribution is -2.35. The van der Waals surface area contributed by atoms with Crippen LogP contribution in [0.4, 0.5) is 13.2 Å². The van der Waals surface area contributed by atoms with Crippen LogP contribution in [0.25, 0.3) is 6.08 Å². The molecule has 0 aliphatic carbocycles. The maximum Gasteiger partial charge on any atom is 0.422 e. The maximum absolute atomic E-state index is 12.7. The van der Waals surface area contributed by atoms with Crippen LogP contribution < -0.4 is 9.47 Å². The van der Waals surface area contributed by atoms with E-state index < -0.39 is 24.2 Å². The van der Waals surface area contributed by atoms with Crippen molar-refractivity contribution >= 4 is 18.0 Å². The predicted molar refractivity (Wildman–Crippen MR) is 150 cm³/mol. The van der Waals surface area contributed by atoms with Crippen molar-refractivity contribution in [3.63, 3.8) is 0 Å². The highest BCUT2D eigenvalue weighted by Gasteiger charge is 2.37. The summed E-state index contributed by atoms with van der Waals surface area (Å²) in [6.07, 6.45) is 5.43. The number of hydrogen-bond donors (Lipinski definition) is 0. The summed E-state index contributed by atoms with van der Waals surface area (Å²) in [5.41, 5.74) is 0.126. The molecule has 0 aliphatic heterocycles. The Balaban J connectivity index is 2.28. The van der Waals surface area contributed by atoms with Gasteiger partial charge in [-0.15, -0.1) is 0 Å². The van der Waals surface area contributed by atoms with Crippen LogP contribution in [0.15, 0.2) is 24.3 Å². The number of unbranched alkanes of at least 4 members (excludes halogenated alkanes) is 5. The van der Waals surface area contributed by atoms with E-state index in [0.29, 0.717) is 36.2 Å². The average molecular weight is 573 g/mol. The third-order valence-electron chi connectivity index (χ3n) is 6.99. The Hall–Kier alpha value is -2.71. The zero-order chi connectivity index (χ0) is 30.2. The first-order valence-corrected chi connectivity index (χ1v) is 14.2. The van der Waals surface area contributed by atoms with E-state index in [-0.39, 0.29) is 11.9 Å². The van der Waals surface area contributed by atoms with Gasteiger partial charge in [-0.05, 0) is 68.2 Å². The SMILES string of the molecule is COc1cc(/C=C/C(=O)OCC(F)(F)F)ccc1OCCCCCCCCOC(=O)C(C)(CCC(C)C)C(C)C. The molecule has 1 aromatic carbocycles. The Morgan fingerprint density at radius 3 is 2.10 bits per heavy atom. The summed E-state index contributed by atoms with van der Waals surface area (Å²) in [7, 11) is 1.49. The highest BCUT2D eigenvalue weighted by atomic mass is 19.4. The number of alkyl halides is 3. The monoisotopic (exact) mass is 572 g/mol. The molecule has 0 saturated heterocycles. The van der Waals surface area contributed by atoms with E-state index in [2.05, 4.69) is 32.4 Å². The molecular formula is C31H47F3O6. The lowest BCUT2D eigenvalue weighted by atomic mass is 9.74. The Bertz CT molecular complexity index is 926. The number of carbonyl (C=O) groups is 2. The molecule has 0 spiro atoms. The van der Waals surface area contributed by atoms with Crippen LogP contribution in [-0.2, 0) is 19.1 Å². The molecule has 0 radical (unpaired) electrons. The van der Waals surface area contributed by atoms with Gasteiger partial charge in [-0.2, -0.15) is 13.2 Å². The van der Waals surface area contributed by atoms with Crippen molar-refractivity contribution in [3.8, 4) is 11.5 Å². The van der Waals surface area contributed by atoms with E-state index in [1.54, 1.807) is 18.2 Å². The van der Waals surface area contributed by atoms with Crippen molar-refractivity contribution in [1.29, 1.82) is 0 Å². The van der Waals surface area contributed by atoms with Gasteiger partial charge in [0.25, 0.3) is 0 Å². The molecule has 1 aromatic rings. The molecule has 0 heterocycles. The van der Waals surface area contributed by atoms with Gasteiger partial charge in [-0.1, -0.05) is 59.4 Å². The second kappa shape index (κ2) is 17.9. The number of methoxy groups -OCH3 is 1. The molecule has 9 heteroatoms. The standard InChI is InChI=1S/C31H47F3O6/c1-23(2)17-18-30(5,24(3)4)29(36)39-20-12-10-8-7-9-11-19-38-26-15-13-25(21-27(26)37-6)14-16-28(35)40-22-31(32,33)34/h13-16,21,23-24H,7-12,17-20,22H2,1-6H3/b16-14+. The number of carbonyl (C=O) groups excluding carboxylic acids is 2. The van der Waals surface area contributed by atoms with Crippen LogP contribution in [-0.4, -0.2) is 45.0 Å². The third kappa shape index (κ3) is 14.1. The molecule has 0 aromatic heterocycles. The van der Waals surface area contributed by atoms with E-state index in [9.17, 15) is 22.8 Å². The largest absolute Gasteiger partial charge is 0.493 e. The fraction of sp³-hybridized carbons (Fsp3) is 0.677. The van der Waals surface area contributed by atoms with Gasteiger partial charge in [0.2, 0.25) is 0 Å². The van der Waals surface area contributed by atoms with Gasteiger partial charge < -0.3 is 18.9 Å². The van der Waals surface area contributed by atoms with Gasteiger partial charge in [-0.3, -0.25) is 4.79 Å². The molecule has 0 aliphatic rings. The fourth-order valence-corrected chi connectivity index (χ4v) is 3.91. The summed E-state index contributed by atoms with van der Waals surface area (Å²) in [5.74, 6) is 0.638. The normalized spacial score (nSPS) is 13.5. The predicted octanol–water partition coefficient (Wildman–Crippen LogP) is 8.18. The van der Waals surface area contributed by atoms with Crippen molar-refractivity contribution in [3.05, 3.63) is 29.8 Å². The van der Waals surface area contributed by atoms with E-state index in [4.69, 9.17) is 14.2 Å². The van der Waals surface area contributed by atoms with Gasteiger partial charge in [0.05, 0.1) is 25.7 Å². The van der Waals surface area contributed by atoms with E-state index >= 15 is 0 Å². The van der Waals surface area contributed by atoms with Crippen LogP contribution >= 0.6 is 0 Å². The van der Waals surface area contributed by atoms with E-state index in [0.717, 1.165) is 57.4 Å². The minimum atomic E-state index is -4.56. The number of hydrogen-bond acceptors (Lipinski definition) is 6.